The third-order valence-corrected chi connectivity index (χ3v) is 1.96. The van der Waals surface area contributed by atoms with Gasteiger partial charge in [0.05, 0.1) is 0 Å². The van der Waals surface area contributed by atoms with E-state index in [-0.39, 0.29) is 0 Å². The van der Waals surface area contributed by atoms with Crippen molar-refractivity contribution in [1.29, 1.82) is 0 Å². The van der Waals surface area contributed by atoms with Gasteiger partial charge >= 0.3 is 0 Å². The van der Waals surface area contributed by atoms with Crippen LogP contribution in [0, 0.1) is 0 Å². The fourth-order valence-corrected chi connectivity index (χ4v) is 1.36. The van der Waals surface area contributed by atoms with Crippen molar-refractivity contribution in [1.82, 2.24) is 0 Å². The lowest BCUT2D eigenvalue weighted by molar-refractivity contribution is -0.433. The molecule has 0 saturated heterocycles. The average molecular weight is 120 g/mol. The molecule has 3 N–H and O–H groups in total. The molecule has 1 heteroatoms. The van der Waals surface area contributed by atoms with Gasteiger partial charge in [-0.2, -0.15) is 0 Å². The second kappa shape index (κ2) is 1.58. The summed E-state index contributed by atoms with van der Waals surface area (Å²) < 4.78 is 0. The normalized spacial score (nSPS) is 22.6. The molecular formula is C8H10N+. The van der Waals surface area contributed by atoms with Gasteiger partial charge in [0, 0.05) is 12.0 Å². The molecule has 0 aromatic heterocycles. The van der Waals surface area contributed by atoms with E-state index in [1.54, 1.807) is 0 Å². The second-order valence-corrected chi connectivity index (χ2v) is 2.60. The van der Waals surface area contributed by atoms with Crippen LogP contribution in [0.2, 0.25) is 0 Å². The minimum absolute atomic E-state index is 0.571. The first-order valence-electron chi connectivity index (χ1n) is 3.29. The lowest BCUT2D eigenvalue weighted by Gasteiger charge is -2.22. The Morgan fingerprint density at radius 1 is 1.33 bits per heavy atom. The SMILES string of the molecule is [NH3+]C1Cc2ccccc21. The molecule has 0 heterocycles. The van der Waals surface area contributed by atoms with Crippen LogP contribution in [0.3, 0.4) is 0 Å². The topological polar surface area (TPSA) is 27.6 Å². The molecule has 0 bridgehead atoms. The summed E-state index contributed by atoms with van der Waals surface area (Å²) >= 11 is 0. The summed E-state index contributed by atoms with van der Waals surface area (Å²) in [5.74, 6) is 0. The first kappa shape index (κ1) is 5.00. The van der Waals surface area contributed by atoms with E-state index in [9.17, 15) is 0 Å². The van der Waals surface area contributed by atoms with Crippen molar-refractivity contribution in [3.8, 4) is 0 Å². The van der Waals surface area contributed by atoms with E-state index >= 15 is 0 Å². The molecule has 0 fully saturated rings. The molecule has 1 aromatic carbocycles. The van der Waals surface area contributed by atoms with Crippen LogP contribution < -0.4 is 5.73 Å². The molecule has 0 amide bonds. The largest absolute Gasteiger partial charge is 0.351 e. The van der Waals surface area contributed by atoms with Crippen LogP contribution in [-0.4, -0.2) is 0 Å². The van der Waals surface area contributed by atoms with Gasteiger partial charge in [-0.25, -0.2) is 0 Å². The highest BCUT2D eigenvalue weighted by molar-refractivity contribution is 5.37. The van der Waals surface area contributed by atoms with Gasteiger partial charge in [-0.15, -0.1) is 0 Å². The number of benzene rings is 1. The van der Waals surface area contributed by atoms with Crippen LogP contribution in [0.15, 0.2) is 24.3 Å². The minimum atomic E-state index is 0.571. The maximum Gasteiger partial charge on any atom is 0.114 e. The van der Waals surface area contributed by atoms with Gasteiger partial charge in [0.15, 0.2) is 0 Å². The highest BCUT2D eigenvalue weighted by Crippen LogP contribution is 2.28. The number of hydrogen-bond acceptors (Lipinski definition) is 0. The maximum absolute atomic E-state index is 3.99. The summed E-state index contributed by atoms with van der Waals surface area (Å²) in [6.07, 6.45) is 1.18. The lowest BCUT2D eigenvalue weighted by Crippen LogP contribution is -2.58. The van der Waals surface area contributed by atoms with Gasteiger partial charge in [-0.3, -0.25) is 0 Å². The predicted molar refractivity (Wildman–Crippen MR) is 35.8 cm³/mol. The molecule has 9 heavy (non-hydrogen) atoms. The zero-order valence-corrected chi connectivity index (χ0v) is 5.30. The molecule has 0 aliphatic heterocycles. The Hall–Kier alpha value is -0.820. The fraction of sp³-hybridized carbons (Fsp3) is 0.250. The van der Waals surface area contributed by atoms with Crippen molar-refractivity contribution < 1.29 is 5.73 Å². The molecule has 1 aliphatic rings. The Morgan fingerprint density at radius 2 is 2.11 bits per heavy atom. The summed E-state index contributed by atoms with van der Waals surface area (Å²) in [7, 11) is 0. The zero-order chi connectivity index (χ0) is 6.27. The molecule has 1 unspecified atom stereocenters. The minimum Gasteiger partial charge on any atom is -0.351 e. The number of quaternary nitrogens is 1. The Kier molecular flexibility index (Phi) is 0.878. The zero-order valence-electron chi connectivity index (χ0n) is 5.30. The van der Waals surface area contributed by atoms with Crippen molar-refractivity contribution in [3.63, 3.8) is 0 Å². The van der Waals surface area contributed by atoms with Gasteiger partial charge in [0.1, 0.15) is 6.04 Å². The van der Waals surface area contributed by atoms with Crippen molar-refractivity contribution in [2.45, 2.75) is 12.5 Å². The smallest absolute Gasteiger partial charge is 0.114 e. The fourth-order valence-electron chi connectivity index (χ4n) is 1.36. The van der Waals surface area contributed by atoms with Crippen LogP contribution in [0.25, 0.3) is 0 Å². The molecule has 1 atom stereocenters. The molecule has 1 aliphatic carbocycles. The summed E-state index contributed by atoms with van der Waals surface area (Å²) in [4.78, 5) is 0. The van der Waals surface area contributed by atoms with Gasteiger partial charge in [0.2, 0.25) is 0 Å². The molecule has 1 aromatic rings. The van der Waals surface area contributed by atoms with E-state index in [1.165, 1.54) is 17.5 Å². The lowest BCUT2D eigenvalue weighted by atomic mass is 9.84. The monoisotopic (exact) mass is 120 g/mol. The predicted octanol–water partition coefficient (Wildman–Crippen LogP) is 0.526. The van der Waals surface area contributed by atoms with Crippen molar-refractivity contribution in [3.05, 3.63) is 35.4 Å². The molecule has 1 nitrogen and oxygen atoms in total. The second-order valence-electron chi connectivity index (χ2n) is 2.60. The molecule has 0 spiro atoms. The van der Waals surface area contributed by atoms with E-state index in [0.717, 1.165) is 0 Å². The van der Waals surface area contributed by atoms with Crippen LogP contribution in [0.5, 0.6) is 0 Å². The summed E-state index contributed by atoms with van der Waals surface area (Å²) in [6.45, 7) is 0. The van der Waals surface area contributed by atoms with Crippen LogP contribution >= 0.6 is 0 Å². The third kappa shape index (κ3) is 0.583. The van der Waals surface area contributed by atoms with Crippen molar-refractivity contribution in [2.75, 3.05) is 0 Å². The first-order valence-corrected chi connectivity index (χ1v) is 3.29. The molecule has 0 radical (unpaired) electrons. The first-order chi connectivity index (χ1) is 4.38. The van der Waals surface area contributed by atoms with E-state index < -0.39 is 0 Å². The standard InChI is InChI=1S/C8H9N/c9-8-5-6-3-1-2-4-7(6)8/h1-4,8H,5,9H2/p+1. The van der Waals surface area contributed by atoms with Gasteiger partial charge in [-0.05, 0) is 5.56 Å². The summed E-state index contributed by atoms with van der Waals surface area (Å²) in [5.41, 5.74) is 6.91. The van der Waals surface area contributed by atoms with Crippen LogP contribution in [0.4, 0.5) is 0 Å². The third-order valence-electron chi connectivity index (χ3n) is 1.96. The summed E-state index contributed by atoms with van der Waals surface area (Å²) in [5, 5.41) is 0. The molecule has 0 saturated carbocycles. The molecule has 2 rings (SSSR count). The van der Waals surface area contributed by atoms with Gasteiger partial charge < -0.3 is 5.73 Å². The molecular weight excluding hydrogens is 110 g/mol. The van der Waals surface area contributed by atoms with Crippen LogP contribution in [0.1, 0.15) is 17.2 Å². The quantitative estimate of drug-likeness (QED) is 0.517. The average Bonchev–Trinajstić information content (AvgIpc) is 1.86. The van der Waals surface area contributed by atoms with Gasteiger partial charge in [-0.1, -0.05) is 24.3 Å². The number of hydrogen-bond donors (Lipinski definition) is 1. The highest BCUT2D eigenvalue weighted by Gasteiger charge is 2.23. The van der Waals surface area contributed by atoms with Gasteiger partial charge in [0.25, 0.3) is 0 Å². The van der Waals surface area contributed by atoms with Crippen LogP contribution in [-0.2, 0) is 6.42 Å². The van der Waals surface area contributed by atoms with E-state index in [0.29, 0.717) is 6.04 Å². The Balaban J connectivity index is 2.51. The molecule has 46 valence electrons. The number of fused-ring (bicyclic) bond motifs is 1. The Morgan fingerprint density at radius 3 is 2.67 bits per heavy atom. The van der Waals surface area contributed by atoms with E-state index in [1.807, 2.05) is 0 Å². The van der Waals surface area contributed by atoms with E-state index in [4.69, 9.17) is 0 Å². The highest BCUT2D eigenvalue weighted by atomic mass is 14.7. The Labute approximate surface area is 54.5 Å². The van der Waals surface area contributed by atoms with Crippen molar-refractivity contribution in [2.24, 2.45) is 0 Å². The maximum atomic E-state index is 3.99. The Bertz CT molecular complexity index is 230. The number of rotatable bonds is 0. The van der Waals surface area contributed by atoms with E-state index in [2.05, 4.69) is 30.0 Å². The summed E-state index contributed by atoms with van der Waals surface area (Å²) in [6, 6.07) is 9.08. The van der Waals surface area contributed by atoms with Crippen molar-refractivity contribution >= 4 is 0 Å².